The van der Waals surface area contributed by atoms with Crippen molar-refractivity contribution >= 4 is 5.91 Å². The van der Waals surface area contributed by atoms with E-state index in [-0.39, 0.29) is 12.5 Å². The Kier molecular flexibility index (Phi) is 5.93. The molecule has 0 atom stereocenters. The van der Waals surface area contributed by atoms with Gasteiger partial charge in [0, 0.05) is 13.7 Å². The number of rotatable bonds is 6. The average Bonchev–Trinajstić information content (AvgIpc) is 2.16. The van der Waals surface area contributed by atoms with Crippen LogP contribution in [0.4, 0.5) is 0 Å². The van der Waals surface area contributed by atoms with Gasteiger partial charge in [-0.2, -0.15) is 0 Å². The molecule has 14 heavy (non-hydrogen) atoms. The van der Waals surface area contributed by atoms with Crippen molar-refractivity contribution in [1.82, 2.24) is 10.6 Å². The molecule has 4 heteroatoms. The zero-order valence-electron chi connectivity index (χ0n) is 9.02. The Morgan fingerprint density at radius 1 is 1.57 bits per heavy atom. The predicted octanol–water partition coefficient (Wildman–Crippen LogP) is -0.250. The van der Waals surface area contributed by atoms with E-state index in [0.29, 0.717) is 13.2 Å². The maximum atomic E-state index is 11.2. The van der Waals surface area contributed by atoms with Gasteiger partial charge in [0.1, 0.15) is 0 Å². The summed E-state index contributed by atoms with van der Waals surface area (Å²) in [4.78, 5) is 11.2. The number of carbonyl (C=O) groups is 1. The van der Waals surface area contributed by atoms with Crippen molar-refractivity contribution in [2.75, 3.05) is 26.8 Å². The minimum Gasteiger partial charge on any atom is -0.383 e. The van der Waals surface area contributed by atoms with Gasteiger partial charge in [-0.3, -0.25) is 10.1 Å². The van der Waals surface area contributed by atoms with Crippen LogP contribution in [-0.2, 0) is 9.53 Å². The lowest BCUT2D eigenvalue weighted by molar-refractivity contribution is -0.120. The molecule has 0 fully saturated rings. The summed E-state index contributed by atoms with van der Waals surface area (Å²) in [6, 6.07) is 0. The lowest BCUT2D eigenvalue weighted by atomic mass is 10.1. The molecule has 0 aliphatic heterocycles. The number of amides is 1. The fourth-order valence-corrected chi connectivity index (χ4v) is 0.707. The number of hydrogen-bond donors (Lipinski definition) is 2. The molecule has 0 heterocycles. The van der Waals surface area contributed by atoms with Crippen molar-refractivity contribution < 1.29 is 9.53 Å². The smallest absolute Gasteiger partial charge is 0.234 e. The molecule has 1 amide bonds. The highest BCUT2D eigenvalue weighted by atomic mass is 16.5. The molecule has 2 N–H and O–H groups in total. The van der Waals surface area contributed by atoms with E-state index in [2.05, 4.69) is 16.6 Å². The van der Waals surface area contributed by atoms with E-state index >= 15 is 0 Å². The van der Waals surface area contributed by atoms with E-state index in [4.69, 9.17) is 11.2 Å². The largest absolute Gasteiger partial charge is 0.383 e. The van der Waals surface area contributed by atoms with Crippen LogP contribution in [-0.4, -0.2) is 38.3 Å². The molecule has 4 nitrogen and oxygen atoms in total. The molecule has 0 rings (SSSR count). The lowest BCUT2D eigenvalue weighted by Gasteiger charge is -2.18. The molecule has 80 valence electrons. The molecule has 0 bridgehead atoms. The Morgan fingerprint density at radius 2 is 2.21 bits per heavy atom. The molecule has 0 saturated heterocycles. The van der Waals surface area contributed by atoms with Gasteiger partial charge >= 0.3 is 0 Å². The van der Waals surface area contributed by atoms with E-state index in [9.17, 15) is 4.79 Å². The van der Waals surface area contributed by atoms with Crippen molar-refractivity contribution in [2.45, 2.75) is 19.4 Å². The Bertz CT molecular complexity index is 219. The number of ether oxygens (including phenoxy) is 1. The summed E-state index contributed by atoms with van der Waals surface area (Å²) < 4.78 is 4.79. The first-order valence-corrected chi connectivity index (χ1v) is 4.50. The first-order valence-electron chi connectivity index (χ1n) is 4.50. The third-order valence-electron chi connectivity index (χ3n) is 1.68. The van der Waals surface area contributed by atoms with Crippen molar-refractivity contribution in [3.63, 3.8) is 0 Å². The van der Waals surface area contributed by atoms with Crippen LogP contribution < -0.4 is 10.6 Å². The molecule has 0 radical (unpaired) electrons. The topological polar surface area (TPSA) is 50.4 Å². The van der Waals surface area contributed by atoms with Crippen molar-refractivity contribution in [2.24, 2.45) is 0 Å². The maximum Gasteiger partial charge on any atom is 0.234 e. The highest BCUT2D eigenvalue weighted by Crippen LogP contribution is 1.96. The molecule has 0 aromatic heterocycles. The molecule has 0 aromatic carbocycles. The number of carbonyl (C=O) groups excluding carboxylic acids is 1. The summed E-state index contributed by atoms with van der Waals surface area (Å²) in [5, 5.41) is 5.63. The van der Waals surface area contributed by atoms with Gasteiger partial charge in [0.2, 0.25) is 5.91 Å². The zero-order chi connectivity index (χ0) is 11.0. The van der Waals surface area contributed by atoms with Gasteiger partial charge in [-0.1, -0.05) is 5.92 Å². The van der Waals surface area contributed by atoms with E-state index in [0.717, 1.165) is 0 Å². The van der Waals surface area contributed by atoms with E-state index in [1.807, 2.05) is 13.8 Å². The summed E-state index contributed by atoms with van der Waals surface area (Å²) in [6.07, 6.45) is 5.25. The highest BCUT2D eigenvalue weighted by molar-refractivity contribution is 5.78. The summed E-state index contributed by atoms with van der Waals surface area (Å²) in [6.45, 7) is 4.95. The van der Waals surface area contributed by atoms with Crippen molar-refractivity contribution in [1.29, 1.82) is 0 Å². The average molecular weight is 198 g/mol. The zero-order valence-corrected chi connectivity index (χ0v) is 9.02. The second kappa shape index (κ2) is 6.41. The maximum absolute atomic E-state index is 11.2. The number of terminal acetylenes is 1. The van der Waals surface area contributed by atoms with E-state index in [1.165, 1.54) is 0 Å². The lowest BCUT2D eigenvalue weighted by Crippen LogP contribution is -2.44. The van der Waals surface area contributed by atoms with Gasteiger partial charge in [0.15, 0.2) is 0 Å². The molecular formula is C10H18N2O2. The van der Waals surface area contributed by atoms with Crippen LogP contribution in [0.3, 0.4) is 0 Å². The van der Waals surface area contributed by atoms with Crippen molar-refractivity contribution in [3.8, 4) is 12.3 Å². The third-order valence-corrected chi connectivity index (χ3v) is 1.68. The second-order valence-corrected chi connectivity index (χ2v) is 3.47. The summed E-state index contributed by atoms with van der Waals surface area (Å²) >= 11 is 0. The normalized spacial score (nSPS) is 10.7. The highest BCUT2D eigenvalue weighted by Gasteiger charge is 2.13. The molecule has 0 spiro atoms. The second-order valence-electron chi connectivity index (χ2n) is 3.47. The van der Waals surface area contributed by atoms with E-state index < -0.39 is 5.54 Å². The standard InChI is InChI=1S/C10H18N2O2/c1-5-10(2,3)12-8-9(13)11-6-7-14-4/h1,12H,6-8H2,2-4H3,(H,11,13). The molecular weight excluding hydrogens is 180 g/mol. The molecule has 0 aromatic rings. The quantitative estimate of drug-likeness (QED) is 0.457. The van der Waals surface area contributed by atoms with Crippen LogP contribution in [0.2, 0.25) is 0 Å². The van der Waals surface area contributed by atoms with Gasteiger partial charge in [0.25, 0.3) is 0 Å². The first kappa shape index (κ1) is 12.9. The summed E-state index contributed by atoms with van der Waals surface area (Å²) in [5.41, 5.74) is -0.446. The minimum absolute atomic E-state index is 0.0784. The molecule has 0 unspecified atom stereocenters. The third kappa shape index (κ3) is 6.46. The summed E-state index contributed by atoms with van der Waals surface area (Å²) in [7, 11) is 1.59. The Labute approximate surface area is 85.4 Å². The van der Waals surface area contributed by atoms with Crippen LogP contribution in [0.15, 0.2) is 0 Å². The Balaban J connectivity index is 3.60. The van der Waals surface area contributed by atoms with Crippen LogP contribution in [0.1, 0.15) is 13.8 Å². The number of hydrogen-bond acceptors (Lipinski definition) is 3. The van der Waals surface area contributed by atoms with Gasteiger partial charge < -0.3 is 10.1 Å². The number of methoxy groups -OCH3 is 1. The van der Waals surface area contributed by atoms with E-state index in [1.54, 1.807) is 7.11 Å². The van der Waals surface area contributed by atoms with Gasteiger partial charge in [-0.15, -0.1) is 6.42 Å². The Hall–Kier alpha value is -1.05. The van der Waals surface area contributed by atoms with Crippen LogP contribution in [0.5, 0.6) is 0 Å². The van der Waals surface area contributed by atoms with Crippen LogP contribution in [0, 0.1) is 12.3 Å². The monoisotopic (exact) mass is 198 g/mol. The SMILES string of the molecule is C#CC(C)(C)NCC(=O)NCCOC. The van der Waals surface area contributed by atoms with Gasteiger partial charge in [0.05, 0.1) is 18.7 Å². The first-order chi connectivity index (χ1) is 6.52. The predicted molar refractivity (Wildman–Crippen MR) is 55.8 cm³/mol. The van der Waals surface area contributed by atoms with Gasteiger partial charge in [-0.25, -0.2) is 0 Å². The number of nitrogens with one attached hydrogen (secondary N) is 2. The van der Waals surface area contributed by atoms with Crippen molar-refractivity contribution in [3.05, 3.63) is 0 Å². The van der Waals surface area contributed by atoms with Crippen LogP contribution in [0.25, 0.3) is 0 Å². The minimum atomic E-state index is -0.446. The van der Waals surface area contributed by atoms with Gasteiger partial charge in [-0.05, 0) is 13.8 Å². The molecule has 0 saturated carbocycles. The molecule has 0 aliphatic rings. The fraction of sp³-hybridized carbons (Fsp3) is 0.700. The fourth-order valence-electron chi connectivity index (χ4n) is 0.707. The molecule has 0 aliphatic carbocycles. The van der Waals surface area contributed by atoms with Crippen LogP contribution >= 0.6 is 0 Å². The summed E-state index contributed by atoms with van der Waals surface area (Å²) in [5.74, 6) is 2.47. The Morgan fingerprint density at radius 3 is 2.71 bits per heavy atom.